The summed E-state index contributed by atoms with van der Waals surface area (Å²) in [6.45, 7) is 8.11. The molecule has 0 bridgehead atoms. The zero-order valence-electron chi connectivity index (χ0n) is 14.4. The van der Waals surface area contributed by atoms with Gasteiger partial charge in [-0.3, -0.25) is 9.36 Å². The molecule has 0 spiro atoms. The smallest absolute Gasteiger partial charge is 0.202 e. The van der Waals surface area contributed by atoms with Crippen LogP contribution in [-0.2, 0) is 0 Å². The second kappa shape index (κ2) is 6.64. The van der Waals surface area contributed by atoms with Crippen molar-refractivity contribution in [2.45, 2.75) is 12.3 Å². The molecular formula is C22H20N2O2. The molecule has 3 atom stereocenters. The van der Waals surface area contributed by atoms with Crippen molar-refractivity contribution in [2.75, 3.05) is 0 Å². The molecule has 4 heteroatoms. The summed E-state index contributed by atoms with van der Waals surface area (Å²) in [6.07, 6.45) is 7.61. The van der Waals surface area contributed by atoms with E-state index in [9.17, 15) is 4.79 Å². The number of carbonyl (C=O) groups is 1. The van der Waals surface area contributed by atoms with Gasteiger partial charge in [-0.15, -0.1) is 6.58 Å². The van der Waals surface area contributed by atoms with Crippen LogP contribution in [0.2, 0.25) is 0 Å². The van der Waals surface area contributed by atoms with Gasteiger partial charge in [0.05, 0.1) is 6.26 Å². The lowest BCUT2D eigenvalue weighted by Gasteiger charge is -2.20. The molecule has 0 saturated heterocycles. The number of allylic oxidation sites excluding steroid dienone is 2. The Morgan fingerprint density at radius 2 is 2.04 bits per heavy atom. The summed E-state index contributed by atoms with van der Waals surface area (Å²) in [6, 6.07) is 13.5. The summed E-state index contributed by atoms with van der Waals surface area (Å²) < 4.78 is 7.48. The standard InChI is InChI=1S/C22H20N2O2/c1-3-17-15(2)14-18(20(17)19-10-7-13-26-19)21(25)22-23-11-12-24(22)16-8-5-4-6-9-16/h3-13,17-18,20H,1-2,14H2/t17-,18-,20-/m0/s1. The summed E-state index contributed by atoms with van der Waals surface area (Å²) in [4.78, 5) is 17.8. The first kappa shape index (κ1) is 16.3. The number of hydrogen-bond donors (Lipinski definition) is 0. The number of benzene rings is 1. The van der Waals surface area contributed by atoms with E-state index in [-0.39, 0.29) is 23.5 Å². The van der Waals surface area contributed by atoms with Gasteiger partial charge in [-0.2, -0.15) is 0 Å². The summed E-state index contributed by atoms with van der Waals surface area (Å²) in [5.41, 5.74) is 1.93. The molecular weight excluding hydrogens is 324 g/mol. The number of para-hydroxylation sites is 1. The van der Waals surface area contributed by atoms with Crippen molar-refractivity contribution < 1.29 is 9.21 Å². The molecule has 1 fully saturated rings. The maximum absolute atomic E-state index is 13.4. The van der Waals surface area contributed by atoms with Crippen molar-refractivity contribution in [3.8, 4) is 5.69 Å². The van der Waals surface area contributed by atoms with E-state index in [4.69, 9.17) is 4.42 Å². The second-order valence-electron chi connectivity index (χ2n) is 6.59. The van der Waals surface area contributed by atoms with E-state index in [1.54, 1.807) is 12.5 Å². The van der Waals surface area contributed by atoms with Crippen LogP contribution in [0.1, 0.15) is 28.7 Å². The van der Waals surface area contributed by atoms with E-state index in [1.807, 2.05) is 59.3 Å². The van der Waals surface area contributed by atoms with Crippen LogP contribution in [0.25, 0.3) is 5.69 Å². The number of carbonyl (C=O) groups excluding carboxylic acids is 1. The second-order valence-corrected chi connectivity index (χ2v) is 6.59. The molecule has 0 radical (unpaired) electrons. The van der Waals surface area contributed by atoms with Gasteiger partial charge in [-0.25, -0.2) is 4.98 Å². The molecule has 0 amide bonds. The topological polar surface area (TPSA) is 48.0 Å². The van der Waals surface area contributed by atoms with E-state index < -0.39 is 0 Å². The predicted octanol–water partition coefficient (Wildman–Crippen LogP) is 4.81. The highest BCUT2D eigenvalue weighted by atomic mass is 16.3. The Morgan fingerprint density at radius 3 is 2.73 bits per heavy atom. The monoisotopic (exact) mass is 344 g/mol. The van der Waals surface area contributed by atoms with Gasteiger partial charge in [0.15, 0.2) is 5.82 Å². The van der Waals surface area contributed by atoms with Crippen LogP contribution in [0.3, 0.4) is 0 Å². The Kier molecular flexibility index (Phi) is 4.17. The average molecular weight is 344 g/mol. The van der Waals surface area contributed by atoms with Crippen LogP contribution in [-0.4, -0.2) is 15.3 Å². The number of nitrogens with zero attached hydrogens (tertiary/aromatic N) is 2. The van der Waals surface area contributed by atoms with E-state index in [1.165, 1.54) is 0 Å². The maximum atomic E-state index is 13.4. The van der Waals surface area contributed by atoms with E-state index in [2.05, 4.69) is 18.1 Å². The molecule has 0 N–H and O–H groups in total. The van der Waals surface area contributed by atoms with Gasteiger partial charge in [0.25, 0.3) is 0 Å². The van der Waals surface area contributed by atoms with Crippen molar-refractivity contribution >= 4 is 5.78 Å². The fraction of sp³-hybridized carbons (Fsp3) is 0.182. The fourth-order valence-corrected chi connectivity index (χ4v) is 3.92. The third-order valence-electron chi connectivity index (χ3n) is 5.13. The molecule has 26 heavy (non-hydrogen) atoms. The van der Waals surface area contributed by atoms with Crippen LogP contribution in [0.5, 0.6) is 0 Å². The number of ketones is 1. The summed E-state index contributed by atoms with van der Waals surface area (Å²) >= 11 is 0. The minimum atomic E-state index is -0.262. The lowest BCUT2D eigenvalue weighted by atomic mass is 9.84. The Morgan fingerprint density at radius 1 is 1.23 bits per heavy atom. The van der Waals surface area contributed by atoms with Crippen molar-refractivity contribution in [1.29, 1.82) is 0 Å². The Labute approximate surface area is 152 Å². The Hall–Kier alpha value is -3.14. The molecule has 1 aliphatic rings. The van der Waals surface area contributed by atoms with Crippen LogP contribution in [0, 0.1) is 11.8 Å². The predicted molar refractivity (Wildman–Crippen MR) is 100 cm³/mol. The van der Waals surface area contributed by atoms with Gasteiger partial charge < -0.3 is 4.42 Å². The summed E-state index contributed by atoms with van der Waals surface area (Å²) in [5, 5.41) is 0. The van der Waals surface area contributed by atoms with E-state index >= 15 is 0 Å². The third-order valence-corrected chi connectivity index (χ3v) is 5.13. The summed E-state index contributed by atoms with van der Waals surface area (Å²) in [5.74, 6) is 0.908. The lowest BCUT2D eigenvalue weighted by molar-refractivity contribution is 0.0891. The number of hydrogen-bond acceptors (Lipinski definition) is 3. The molecule has 130 valence electrons. The normalized spacial score (nSPS) is 22.5. The molecule has 1 aliphatic carbocycles. The highest BCUT2D eigenvalue weighted by Gasteiger charge is 2.44. The molecule has 2 aromatic heterocycles. The van der Waals surface area contributed by atoms with Gasteiger partial charge >= 0.3 is 0 Å². The minimum absolute atomic E-state index is 0.00533. The van der Waals surface area contributed by atoms with E-state index in [0.717, 1.165) is 17.0 Å². The first-order chi connectivity index (χ1) is 12.7. The number of imidazole rings is 1. The lowest BCUT2D eigenvalue weighted by Crippen LogP contribution is -2.23. The van der Waals surface area contributed by atoms with E-state index in [0.29, 0.717) is 12.2 Å². The number of rotatable bonds is 5. The van der Waals surface area contributed by atoms with Crippen molar-refractivity contribution in [3.63, 3.8) is 0 Å². The molecule has 2 heterocycles. The number of Topliss-reactive ketones (excluding diaryl/α,β-unsaturated/α-hetero) is 1. The van der Waals surface area contributed by atoms with Crippen molar-refractivity contribution in [1.82, 2.24) is 9.55 Å². The van der Waals surface area contributed by atoms with Gasteiger partial charge in [-0.1, -0.05) is 36.4 Å². The molecule has 4 rings (SSSR count). The minimum Gasteiger partial charge on any atom is -0.469 e. The molecule has 0 aliphatic heterocycles. The van der Waals surface area contributed by atoms with Gasteiger partial charge in [0.2, 0.25) is 5.78 Å². The highest BCUT2D eigenvalue weighted by molar-refractivity contribution is 5.96. The molecule has 1 aromatic carbocycles. The zero-order valence-corrected chi connectivity index (χ0v) is 14.4. The molecule has 1 saturated carbocycles. The van der Waals surface area contributed by atoms with Crippen LogP contribution in [0.15, 0.2) is 90.3 Å². The molecule has 3 aromatic rings. The summed E-state index contributed by atoms with van der Waals surface area (Å²) in [7, 11) is 0. The first-order valence-corrected chi connectivity index (χ1v) is 8.67. The first-order valence-electron chi connectivity index (χ1n) is 8.67. The Balaban J connectivity index is 1.73. The zero-order chi connectivity index (χ0) is 18.1. The maximum Gasteiger partial charge on any atom is 0.202 e. The highest BCUT2D eigenvalue weighted by Crippen LogP contribution is 2.48. The van der Waals surface area contributed by atoms with Crippen molar-refractivity contribution in [2.24, 2.45) is 11.8 Å². The van der Waals surface area contributed by atoms with Gasteiger partial charge in [0.1, 0.15) is 5.76 Å². The molecule has 4 nitrogen and oxygen atoms in total. The average Bonchev–Trinajstić information content (AvgIpc) is 3.41. The fourth-order valence-electron chi connectivity index (χ4n) is 3.92. The Bertz CT molecular complexity index is 938. The number of aromatic nitrogens is 2. The van der Waals surface area contributed by atoms with Gasteiger partial charge in [0, 0.05) is 35.8 Å². The van der Waals surface area contributed by atoms with Gasteiger partial charge in [-0.05, 0) is 30.7 Å². The van der Waals surface area contributed by atoms with Crippen LogP contribution < -0.4 is 0 Å². The van der Waals surface area contributed by atoms with Crippen molar-refractivity contribution in [3.05, 3.63) is 97.5 Å². The number of furan rings is 1. The largest absolute Gasteiger partial charge is 0.469 e. The molecule has 0 unspecified atom stereocenters. The third kappa shape index (κ3) is 2.64. The van der Waals surface area contributed by atoms with Crippen LogP contribution in [0.4, 0.5) is 0 Å². The SMILES string of the molecule is C=C[C@H]1C(=C)C[C@H](C(=O)c2nccn2-c2ccccc2)[C@H]1c1ccco1. The quantitative estimate of drug-likeness (QED) is 0.493. The van der Waals surface area contributed by atoms with Crippen LogP contribution >= 0.6 is 0 Å².